The second kappa shape index (κ2) is 5.52. The number of aromatic nitrogens is 4. The monoisotopic (exact) mass is 279 g/mol. The van der Waals surface area contributed by atoms with Crippen molar-refractivity contribution in [2.75, 3.05) is 18.0 Å². The lowest BCUT2D eigenvalue weighted by Gasteiger charge is -2.20. The third kappa shape index (κ3) is 2.13. The lowest BCUT2D eigenvalue weighted by Crippen LogP contribution is -2.29. The van der Waals surface area contributed by atoms with Crippen molar-refractivity contribution >= 4 is 17.1 Å². The number of rotatable bonds is 5. The van der Waals surface area contributed by atoms with Gasteiger partial charge in [0, 0.05) is 26.7 Å². The molecule has 0 aliphatic carbocycles. The van der Waals surface area contributed by atoms with Crippen molar-refractivity contribution in [1.29, 1.82) is 0 Å². The minimum atomic E-state index is -0.435. The van der Waals surface area contributed by atoms with Crippen LogP contribution in [-0.2, 0) is 13.6 Å². The number of fused-ring (bicyclic) bond motifs is 1. The third-order valence-electron chi connectivity index (χ3n) is 3.48. The number of aromatic amines is 1. The van der Waals surface area contributed by atoms with E-state index >= 15 is 0 Å². The number of nitrogens with one attached hydrogen (secondary N) is 1. The predicted molar refractivity (Wildman–Crippen MR) is 79.4 cm³/mol. The van der Waals surface area contributed by atoms with Gasteiger partial charge in [0.05, 0.1) is 0 Å². The van der Waals surface area contributed by atoms with Crippen LogP contribution >= 0.6 is 0 Å². The highest BCUT2D eigenvalue weighted by atomic mass is 16.2. The molecule has 0 aliphatic rings. The lowest BCUT2D eigenvalue weighted by atomic mass is 10.4. The number of hydrogen-bond donors (Lipinski definition) is 1. The van der Waals surface area contributed by atoms with E-state index in [1.165, 1.54) is 4.57 Å². The highest BCUT2D eigenvalue weighted by Crippen LogP contribution is 2.19. The molecule has 20 heavy (non-hydrogen) atoms. The largest absolute Gasteiger partial charge is 0.343 e. The Labute approximate surface area is 116 Å². The zero-order valence-electron chi connectivity index (χ0n) is 12.4. The Balaban J connectivity index is 2.85. The van der Waals surface area contributed by atoms with Crippen LogP contribution < -0.4 is 16.1 Å². The molecule has 0 bridgehead atoms. The van der Waals surface area contributed by atoms with Crippen molar-refractivity contribution in [3.05, 3.63) is 20.8 Å². The summed E-state index contributed by atoms with van der Waals surface area (Å²) in [7, 11) is 1.62. The molecule has 7 heteroatoms. The van der Waals surface area contributed by atoms with E-state index in [4.69, 9.17) is 0 Å². The first-order valence-electron chi connectivity index (χ1n) is 6.99. The Morgan fingerprint density at radius 1 is 1.20 bits per heavy atom. The molecule has 0 atom stereocenters. The van der Waals surface area contributed by atoms with Crippen LogP contribution in [0.25, 0.3) is 11.2 Å². The van der Waals surface area contributed by atoms with E-state index in [0.717, 1.165) is 25.5 Å². The van der Waals surface area contributed by atoms with E-state index < -0.39 is 5.69 Å². The number of imidazole rings is 1. The first kappa shape index (κ1) is 14.4. The van der Waals surface area contributed by atoms with E-state index in [2.05, 4.69) is 14.9 Å². The van der Waals surface area contributed by atoms with Gasteiger partial charge in [0.25, 0.3) is 5.56 Å². The smallest absolute Gasteiger partial charge is 0.329 e. The molecule has 110 valence electrons. The molecular weight excluding hydrogens is 258 g/mol. The Kier molecular flexibility index (Phi) is 3.96. The molecule has 0 saturated carbocycles. The van der Waals surface area contributed by atoms with E-state index in [1.807, 2.05) is 25.3 Å². The van der Waals surface area contributed by atoms with E-state index in [9.17, 15) is 9.59 Å². The maximum absolute atomic E-state index is 12.1. The summed E-state index contributed by atoms with van der Waals surface area (Å²) >= 11 is 0. The Hall–Kier alpha value is -2.05. The fourth-order valence-corrected chi connectivity index (χ4v) is 2.41. The van der Waals surface area contributed by atoms with E-state index in [-0.39, 0.29) is 5.56 Å². The van der Waals surface area contributed by atoms with Crippen LogP contribution in [0.5, 0.6) is 0 Å². The van der Waals surface area contributed by atoms with Crippen LogP contribution in [0.15, 0.2) is 9.59 Å². The second-order valence-corrected chi connectivity index (χ2v) is 4.73. The summed E-state index contributed by atoms with van der Waals surface area (Å²) < 4.78 is 3.29. The van der Waals surface area contributed by atoms with Crippen molar-refractivity contribution in [1.82, 2.24) is 19.1 Å². The zero-order chi connectivity index (χ0) is 14.9. The summed E-state index contributed by atoms with van der Waals surface area (Å²) in [5.74, 6) is 0.749. The fourth-order valence-electron chi connectivity index (χ4n) is 2.41. The zero-order valence-corrected chi connectivity index (χ0v) is 12.4. The summed E-state index contributed by atoms with van der Waals surface area (Å²) in [6.07, 6.45) is 0.891. The molecule has 7 nitrogen and oxygen atoms in total. The summed E-state index contributed by atoms with van der Waals surface area (Å²) in [6, 6.07) is 0. The lowest BCUT2D eigenvalue weighted by molar-refractivity contribution is 0.669. The van der Waals surface area contributed by atoms with Crippen molar-refractivity contribution in [3.63, 3.8) is 0 Å². The number of nitrogens with zero attached hydrogens (tertiary/aromatic N) is 4. The van der Waals surface area contributed by atoms with Gasteiger partial charge in [-0.15, -0.1) is 0 Å². The molecule has 0 spiro atoms. The van der Waals surface area contributed by atoms with Gasteiger partial charge in [0.2, 0.25) is 5.95 Å². The average molecular weight is 279 g/mol. The summed E-state index contributed by atoms with van der Waals surface area (Å²) in [5.41, 5.74) is 0.0992. The van der Waals surface area contributed by atoms with Crippen molar-refractivity contribution in [2.24, 2.45) is 7.05 Å². The van der Waals surface area contributed by atoms with Gasteiger partial charge < -0.3 is 9.47 Å². The number of aryl methyl sites for hydroxylation is 2. The van der Waals surface area contributed by atoms with Crippen LogP contribution in [0.3, 0.4) is 0 Å². The first-order chi connectivity index (χ1) is 9.54. The molecule has 0 aliphatic heterocycles. The minimum Gasteiger partial charge on any atom is -0.343 e. The van der Waals surface area contributed by atoms with Gasteiger partial charge in [-0.2, -0.15) is 4.98 Å². The topological polar surface area (TPSA) is 75.9 Å². The Morgan fingerprint density at radius 3 is 2.40 bits per heavy atom. The first-order valence-corrected chi connectivity index (χ1v) is 6.99. The van der Waals surface area contributed by atoms with Crippen LogP contribution in [0.1, 0.15) is 27.2 Å². The molecule has 0 amide bonds. The molecule has 2 heterocycles. The van der Waals surface area contributed by atoms with Crippen LogP contribution in [0.2, 0.25) is 0 Å². The standard InChI is InChI=1S/C13H21N5O2/c1-5-8-18-9-10(14-12(18)17(6-2)7-3)16(4)13(20)15-11(9)19/h5-8H2,1-4H3,(H,15,19,20). The van der Waals surface area contributed by atoms with Crippen LogP contribution in [-0.4, -0.2) is 32.2 Å². The molecule has 2 aromatic rings. The van der Waals surface area contributed by atoms with Crippen LogP contribution in [0, 0.1) is 0 Å². The maximum atomic E-state index is 12.1. The van der Waals surface area contributed by atoms with Gasteiger partial charge in [-0.3, -0.25) is 14.3 Å². The molecule has 0 saturated heterocycles. The average Bonchev–Trinajstić information content (AvgIpc) is 2.79. The van der Waals surface area contributed by atoms with Gasteiger partial charge in [-0.1, -0.05) is 6.92 Å². The SMILES string of the molecule is CCCn1c(N(CC)CC)nc2c1c(=O)[nH]c(=O)n2C. The predicted octanol–water partition coefficient (Wildman–Crippen LogP) is 0.679. The molecular formula is C13H21N5O2. The molecule has 0 radical (unpaired) electrons. The van der Waals surface area contributed by atoms with Gasteiger partial charge >= 0.3 is 5.69 Å². The molecule has 0 fully saturated rings. The van der Waals surface area contributed by atoms with Gasteiger partial charge in [0.15, 0.2) is 11.2 Å². The van der Waals surface area contributed by atoms with Crippen molar-refractivity contribution in [2.45, 2.75) is 33.7 Å². The van der Waals surface area contributed by atoms with Crippen molar-refractivity contribution in [3.8, 4) is 0 Å². The molecule has 2 rings (SSSR count). The third-order valence-corrected chi connectivity index (χ3v) is 3.48. The molecule has 2 aromatic heterocycles. The summed E-state index contributed by atoms with van der Waals surface area (Å²) in [5, 5.41) is 0. The summed E-state index contributed by atoms with van der Waals surface area (Å²) in [6.45, 7) is 8.44. The fraction of sp³-hybridized carbons (Fsp3) is 0.615. The second-order valence-electron chi connectivity index (χ2n) is 4.73. The maximum Gasteiger partial charge on any atom is 0.329 e. The van der Waals surface area contributed by atoms with Crippen molar-refractivity contribution < 1.29 is 0 Å². The van der Waals surface area contributed by atoms with Gasteiger partial charge in [0.1, 0.15) is 0 Å². The number of hydrogen-bond acceptors (Lipinski definition) is 4. The highest BCUT2D eigenvalue weighted by Gasteiger charge is 2.19. The molecule has 0 aromatic carbocycles. The van der Waals surface area contributed by atoms with Gasteiger partial charge in [-0.05, 0) is 20.3 Å². The Bertz CT molecular complexity index is 721. The molecule has 0 unspecified atom stereocenters. The van der Waals surface area contributed by atoms with E-state index in [0.29, 0.717) is 17.7 Å². The minimum absolute atomic E-state index is 0.373. The normalized spacial score (nSPS) is 11.2. The summed E-state index contributed by atoms with van der Waals surface area (Å²) in [4.78, 5) is 32.7. The van der Waals surface area contributed by atoms with E-state index in [1.54, 1.807) is 7.05 Å². The quantitative estimate of drug-likeness (QED) is 0.873. The number of H-pyrrole nitrogens is 1. The Morgan fingerprint density at radius 2 is 1.85 bits per heavy atom. The molecule has 1 N–H and O–H groups in total. The highest BCUT2D eigenvalue weighted by molar-refractivity contribution is 5.74. The number of anilines is 1. The van der Waals surface area contributed by atoms with Gasteiger partial charge in [-0.25, -0.2) is 4.79 Å². The van der Waals surface area contributed by atoms with Crippen LogP contribution in [0.4, 0.5) is 5.95 Å².